The first-order chi connectivity index (χ1) is 22.9. The monoisotopic (exact) mass is 730 g/mol. The Morgan fingerprint density at radius 2 is 1.44 bits per heavy atom. The Bertz CT molecular complexity index is 1910. The number of rotatable bonds is 4. The van der Waals surface area contributed by atoms with Gasteiger partial charge in [0.2, 0.25) is 5.78 Å². The van der Waals surface area contributed by atoms with E-state index >= 15 is 0 Å². The number of fused-ring (bicyclic) bond motifs is 3. The van der Waals surface area contributed by atoms with E-state index in [0.29, 0.717) is 33.2 Å². The number of phenols is 3. The third-order valence-electron chi connectivity index (χ3n) is 9.46. The number of halogens is 2. The molecule has 6 rings (SSSR count). The molecule has 0 saturated heterocycles. The highest BCUT2D eigenvalue weighted by molar-refractivity contribution is 6.31. The number of aliphatic hydroxyl groups is 4. The van der Waals surface area contributed by atoms with E-state index in [1.54, 1.807) is 43.3 Å². The van der Waals surface area contributed by atoms with E-state index in [1.165, 1.54) is 37.2 Å². The zero-order chi connectivity index (χ0) is 36.3. The molecule has 0 radical (unpaired) electrons. The number of Topliss-reactive ketones (excluding diaryl/α,β-unsaturated/α-hetero) is 2. The van der Waals surface area contributed by atoms with Gasteiger partial charge in [0.25, 0.3) is 5.91 Å². The standard InChI is InChI=1S/C22H24N2O8.C13H10Cl2O2.H2O/c1-7-8-5-4-6-9(25)11(8)16(26)12-10(7)17(27)14-15(24(2)3)18(28)13(21(23)31)20(30)22(14,32)19(12)29;14-10-1-3-12(16)8(6-10)5-9-7-11(15)2-4-13(9)17;/h4-7,10,14-15,17,25,27-29,32H,1-3H3,(H2,23,31);1-4,6-7,16-17H,5H2;1H2/t7-,10+,14+,15-,17-,22-;;/m0../s1. The Kier molecular flexibility index (Phi) is 10.6. The van der Waals surface area contributed by atoms with Gasteiger partial charge in [-0.25, -0.2) is 0 Å². The molecule has 1 amide bonds. The third kappa shape index (κ3) is 6.06. The molecule has 0 fully saturated rings. The minimum atomic E-state index is -2.89. The summed E-state index contributed by atoms with van der Waals surface area (Å²) in [6, 6.07) is 12.8. The lowest BCUT2D eigenvalue weighted by Crippen LogP contribution is -2.68. The van der Waals surface area contributed by atoms with E-state index < -0.39 is 75.6 Å². The summed E-state index contributed by atoms with van der Waals surface area (Å²) in [7, 11) is 2.98. The summed E-state index contributed by atoms with van der Waals surface area (Å²) in [5.74, 6) is -8.57. The number of benzene rings is 3. The molecule has 0 bridgehead atoms. The highest BCUT2D eigenvalue weighted by Crippen LogP contribution is 2.55. The highest BCUT2D eigenvalue weighted by atomic mass is 35.5. The predicted octanol–water partition coefficient (Wildman–Crippen LogP) is 2.82. The molecule has 3 aliphatic rings. The fourth-order valence-electron chi connectivity index (χ4n) is 7.18. The maximum absolute atomic E-state index is 13.3. The Labute approximate surface area is 296 Å². The molecular formula is C35H36Cl2N2O11. The second-order valence-electron chi connectivity index (χ2n) is 12.5. The molecule has 13 nitrogen and oxygen atoms in total. The molecule has 11 N–H and O–H groups in total. The summed E-state index contributed by atoms with van der Waals surface area (Å²) >= 11 is 11.7. The van der Waals surface area contributed by atoms with Crippen molar-refractivity contribution in [3.63, 3.8) is 0 Å². The number of primary amides is 1. The van der Waals surface area contributed by atoms with Gasteiger partial charge in [-0.1, -0.05) is 42.3 Å². The van der Waals surface area contributed by atoms with Crippen molar-refractivity contribution in [2.75, 3.05) is 14.1 Å². The SMILES string of the molecule is C[C@H]1c2cccc(O)c2C(=O)C2=C(O)[C@]3(O)C(=O)C(C(N)=O)=C(O)[C@@H](N(C)C)[C@@H]3[C@@H](O)[C@@H]21.O.Oc1ccc(Cl)cc1Cc1cc(Cl)ccc1O. The van der Waals surface area contributed by atoms with Crippen LogP contribution in [-0.4, -0.2) is 95.4 Å². The molecular weight excluding hydrogens is 695 g/mol. The van der Waals surface area contributed by atoms with E-state index in [1.807, 2.05) is 0 Å². The first-order valence-electron chi connectivity index (χ1n) is 15.0. The zero-order valence-electron chi connectivity index (χ0n) is 26.9. The van der Waals surface area contributed by atoms with Crippen LogP contribution in [0.25, 0.3) is 0 Å². The number of carbonyl (C=O) groups excluding carboxylic acids is 3. The van der Waals surface area contributed by atoms with E-state index in [9.17, 15) is 50.1 Å². The van der Waals surface area contributed by atoms with Crippen LogP contribution in [0.15, 0.2) is 77.3 Å². The molecule has 0 unspecified atom stereocenters. The van der Waals surface area contributed by atoms with Crippen LogP contribution < -0.4 is 5.73 Å². The highest BCUT2D eigenvalue weighted by Gasteiger charge is 2.67. The molecule has 3 aliphatic carbocycles. The van der Waals surface area contributed by atoms with Crippen molar-refractivity contribution in [3.05, 3.63) is 110 Å². The van der Waals surface area contributed by atoms with E-state index in [-0.39, 0.29) is 28.3 Å². The van der Waals surface area contributed by atoms with Gasteiger partial charge in [0.1, 0.15) is 34.3 Å². The maximum Gasteiger partial charge on any atom is 0.255 e. The molecule has 3 aromatic carbocycles. The second kappa shape index (κ2) is 13.9. The molecule has 0 saturated carbocycles. The summed E-state index contributed by atoms with van der Waals surface area (Å²) < 4.78 is 0. The van der Waals surface area contributed by atoms with Crippen molar-refractivity contribution in [1.82, 2.24) is 4.90 Å². The number of nitrogens with two attached hydrogens (primary N) is 1. The first kappa shape index (κ1) is 38.2. The minimum Gasteiger partial charge on any atom is -0.510 e. The largest absolute Gasteiger partial charge is 0.510 e. The number of ketones is 2. The number of nitrogens with zero attached hydrogens (tertiary/aromatic N) is 1. The molecule has 0 aromatic heterocycles. The summed E-state index contributed by atoms with van der Waals surface area (Å²) in [5.41, 5.74) is 2.66. The molecule has 50 heavy (non-hydrogen) atoms. The molecule has 0 heterocycles. The first-order valence-corrected chi connectivity index (χ1v) is 15.8. The Hall–Kier alpha value is -4.63. The molecule has 0 aliphatic heterocycles. The van der Waals surface area contributed by atoms with Crippen molar-refractivity contribution in [3.8, 4) is 17.2 Å². The average molecular weight is 732 g/mol. The van der Waals surface area contributed by atoms with Crippen LogP contribution in [-0.2, 0) is 16.0 Å². The van der Waals surface area contributed by atoms with Gasteiger partial charge in [-0.05, 0) is 79.2 Å². The van der Waals surface area contributed by atoms with Crippen molar-refractivity contribution >= 4 is 40.7 Å². The van der Waals surface area contributed by atoms with Crippen molar-refractivity contribution in [2.24, 2.45) is 17.6 Å². The van der Waals surface area contributed by atoms with Gasteiger partial charge in [-0.15, -0.1) is 0 Å². The number of aliphatic hydroxyl groups excluding tert-OH is 3. The number of phenolic OH excluding ortho intramolecular Hbond substituents is 3. The Balaban J connectivity index is 0.000000264. The zero-order valence-corrected chi connectivity index (χ0v) is 28.4. The lowest BCUT2D eigenvalue weighted by atomic mass is 9.55. The second-order valence-corrected chi connectivity index (χ2v) is 13.4. The normalized spacial score (nSPS) is 25.6. The van der Waals surface area contributed by atoms with Gasteiger partial charge in [-0.3, -0.25) is 19.3 Å². The van der Waals surface area contributed by atoms with Crippen LogP contribution >= 0.6 is 23.2 Å². The lowest BCUT2D eigenvalue weighted by Gasteiger charge is -2.53. The van der Waals surface area contributed by atoms with Gasteiger partial charge in [0, 0.05) is 28.0 Å². The fourth-order valence-corrected chi connectivity index (χ4v) is 7.57. The number of amides is 1. The number of aromatic hydroxyl groups is 3. The van der Waals surface area contributed by atoms with Crippen LogP contribution in [0, 0.1) is 11.8 Å². The predicted molar refractivity (Wildman–Crippen MR) is 182 cm³/mol. The van der Waals surface area contributed by atoms with Crippen LogP contribution in [0.2, 0.25) is 10.0 Å². The number of hydrogen-bond acceptors (Lipinski definition) is 11. The lowest BCUT2D eigenvalue weighted by molar-refractivity contribution is -0.162. The van der Waals surface area contributed by atoms with Gasteiger partial charge in [-0.2, -0.15) is 0 Å². The summed E-state index contributed by atoms with van der Waals surface area (Å²) in [5, 5.41) is 75.5. The van der Waals surface area contributed by atoms with Crippen molar-refractivity contribution in [1.29, 1.82) is 0 Å². The fraction of sp³-hybridized carbons (Fsp3) is 0.286. The maximum atomic E-state index is 13.3. The molecule has 15 heteroatoms. The van der Waals surface area contributed by atoms with Gasteiger partial charge in [0.05, 0.1) is 23.6 Å². The van der Waals surface area contributed by atoms with E-state index in [4.69, 9.17) is 28.9 Å². The van der Waals surface area contributed by atoms with E-state index in [0.717, 1.165) is 0 Å². The third-order valence-corrected chi connectivity index (χ3v) is 9.93. The Morgan fingerprint density at radius 1 is 0.900 bits per heavy atom. The molecule has 0 spiro atoms. The number of hydrogen-bond donors (Lipinski definition) is 8. The summed E-state index contributed by atoms with van der Waals surface area (Å²) in [6.07, 6.45) is -1.22. The van der Waals surface area contributed by atoms with Gasteiger partial charge >= 0.3 is 0 Å². The van der Waals surface area contributed by atoms with Crippen LogP contribution in [0.5, 0.6) is 17.2 Å². The number of carbonyl (C=O) groups is 3. The van der Waals surface area contributed by atoms with Crippen molar-refractivity contribution < 1.29 is 55.6 Å². The average Bonchev–Trinajstić information content (AvgIpc) is 3.02. The number of likely N-dealkylation sites (N-methyl/N-ethyl adjacent to an activating group) is 1. The Morgan fingerprint density at radius 3 is 1.94 bits per heavy atom. The van der Waals surface area contributed by atoms with Gasteiger partial charge in [0.15, 0.2) is 11.4 Å². The smallest absolute Gasteiger partial charge is 0.255 e. The van der Waals surface area contributed by atoms with Crippen LogP contribution in [0.3, 0.4) is 0 Å². The summed E-state index contributed by atoms with van der Waals surface area (Å²) in [6.45, 7) is 1.68. The minimum absolute atomic E-state index is 0. The quantitative estimate of drug-likeness (QED) is 0.181. The molecule has 6 atom stereocenters. The topological polar surface area (TPSA) is 254 Å². The van der Waals surface area contributed by atoms with Crippen LogP contribution in [0.1, 0.15) is 39.9 Å². The van der Waals surface area contributed by atoms with Crippen molar-refractivity contribution in [2.45, 2.75) is 37.0 Å². The summed E-state index contributed by atoms with van der Waals surface area (Å²) in [4.78, 5) is 39.8. The molecule has 3 aromatic rings. The van der Waals surface area contributed by atoms with Crippen LogP contribution in [0.4, 0.5) is 0 Å². The molecule has 266 valence electrons. The van der Waals surface area contributed by atoms with E-state index in [2.05, 4.69) is 0 Å². The van der Waals surface area contributed by atoms with Gasteiger partial charge < -0.3 is 47.0 Å².